The van der Waals surface area contributed by atoms with Crippen LogP contribution in [0.2, 0.25) is 0 Å². The van der Waals surface area contributed by atoms with Gasteiger partial charge in [-0.1, -0.05) is 0 Å². The first kappa shape index (κ1) is 18.1. The Hall–Kier alpha value is -3.30. The van der Waals surface area contributed by atoms with Crippen molar-refractivity contribution in [2.24, 2.45) is 0 Å². The lowest BCUT2D eigenvalue weighted by Gasteiger charge is -2.20. The summed E-state index contributed by atoms with van der Waals surface area (Å²) in [6.07, 6.45) is 4.76. The van der Waals surface area contributed by atoms with E-state index < -0.39 is 17.9 Å². The van der Waals surface area contributed by atoms with E-state index in [1.165, 1.54) is 34.0 Å². The smallest absolute Gasteiger partial charge is 0.272 e. The zero-order valence-electron chi connectivity index (χ0n) is 15.3. The van der Waals surface area contributed by atoms with Crippen LogP contribution in [0.1, 0.15) is 29.4 Å². The van der Waals surface area contributed by atoms with Gasteiger partial charge in [-0.15, -0.1) is 0 Å². The highest BCUT2D eigenvalue weighted by Gasteiger charge is 2.31. The maximum atomic E-state index is 13.6. The highest BCUT2D eigenvalue weighted by atomic mass is 19.3. The van der Waals surface area contributed by atoms with Crippen LogP contribution in [0, 0.1) is 0 Å². The molecule has 0 saturated carbocycles. The lowest BCUT2D eigenvalue weighted by atomic mass is 10.1. The number of aryl methyl sites for hydroxylation is 1. The first-order valence-corrected chi connectivity index (χ1v) is 8.71. The van der Waals surface area contributed by atoms with Gasteiger partial charge in [-0.05, 0) is 18.6 Å². The fourth-order valence-electron chi connectivity index (χ4n) is 3.30. The number of imidazole rings is 1. The van der Waals surface area contributed by atoms with Crippen LogP contribution in [-0.4, -0.2) is 44.1 Å². The van der Waals surface area contributed by atoms with Gasteiger partial charge >= 0.3 is 0 Å². The van der Waals surface area contributed by atoms with Crippen LogP contribution in [0.3, 0.4) is 0 Å². The summed E-state index contributed by atoms with van der Waals surface area (Å²) in [7, 11) is 1.61. The zero-order valence-corrected chi connectivity index (χ0v) is 15.3. The van der Waals surface area contributed by atoms with Crippen LogP contribution in [0.25, 0.3) is 5.52 Å². The molecule has 0 radical (unpaired) electrons. The third kappa shape index (κ3) is 3.00. The van der Waals surface area contributed by atoms with E-state index in [4.69, 9.17) is 0 Å². The standard InChI is InChI=1S/C18H18F2N6O2/c1-18(19,20)11-4-7-25-10-21-15(13(25)9-11)16(27)23-12-5-8-26-14(3-6-22-26)24(2)17(12)28/h3-4,6-7,9-10,12H,5,8H2,1-2H3,(H,23,27)/t12-/m0/s1. The summed E-state index contributed by atoms with van der Waals surface area (Å²) < 4.78 is 30.5. The number of hydrogen-bond acceptors (Lipinski definition) is 4. The van der Waals surface area contributed by atoms with Gasteiger partial charge in [0.1, 0.15) is 18.2 Å². The lowest BCUT2D eigenvalue weighted by molar-refractivity contribution is -0.120. The van der Waals surface area contributed by atoms with Crippen LogP contribution < -0.4 is 10.2 Å². The molecule has 2 amide bonds. The van der Waals surface area contributed by atoms with Crippen LogP contribution in [0.4, 0.5) is 14.6 Å². The van der Waals surface area contributed by atoms with E-state index in [0.717, 1.165) is 6.92 Å². The molecule has 3 aromatic heterocycles. The lowest BCUT2D eigenvalue weighted by Crippen LogP contribution is -2.46. The predicted molar refractivity (Wildman–Crippen MR) is 96.3 cm³/mol. The minimum atomic E-state index is -3.04. The number of nitrogens with one attached hydrogen (secondary N) is 1. The van der Waals surface area contributed by atoms with Gasteiger partial charge in [-0.3, -0.25) is 14.5 Å². The molecule has 0 fully saturated rings. The summed E-state index contributed by atoms with van der Waals surface area (Å²) in [6, 6.07) is 3.46. The van der Waals surface area contributed by atoms with Crippen molar-refractivity contribution in [1.29, 1.82) is 0 Å². The molecule has 1 N–H and O–H groups in total. The highest BCUT2D eigenvalue weighted by molar-refractivity contribution is 6.04. The number of pyridine rings is 1. The molecular weight excluding hydrogens is 370 g/mol. The van der Waals surface area contributed by atoms with Crippen molar-refractivity contribution in [2.45, 2.75) is 31.9 Å². The second kappa shape index (κ2) is 6.39. The SMILES string of the molecule is CN1C(=O)[C@@H](NC(=O)c2ncn3ccc(C(C)(F)F)cc23)CCn2nccc21. The van der Waals surface area contributed by atoms with Gasteiger partial charge in [0.15, 0.2) is 5.69 Å². The molecular formula is C18H18F2N6O2. The molecule has 3 aromatic rings. The van der Waals surface area contributed by atoms with Crippen LogP contribution >= 0.6 is 0 Å². The molecule has 10 heteroatoms. The number of carbonyl (C=O) groups is 2. The molecule has 146 valence electrons. The number of amides is 2. The van der Waals surface area contributed by atoms with Crippen LogP contribution in [0.15, 0.2) is 36.9 Å². The number of rotatable bonds is 3. The van der Waals surface area contributed by atoms with E-state index in [1.54, 1.807) is 24.0 Å². The van der Waals surface area contributed by atoms with E-state index >= 15 is 0 Å². The van der Waals surface area contributed by atoms with Crippen molar-refractivity contribution in [3.8, 4) is 0 Å². The maximum Gasteiger partial charge on any atom is 0.272 e. The quantitative estimate of drug-likeness (QED) is 0.742. The summed E-state index contributed by atoms with van der Waals surface area (Å²) in [4.78, 5) is 30.9. The minimum absolute atomic E-state index is 0.0106. The normalized spacial score (nSPS) is 17.5. The molecule has 28 heavy (non-hydrogen) atoms. The van der Waals surface area contributed by atoms with Crippen molar-refractivity contribution in [1.82, 2.24) is 24.5 Å². The second-order valence-electron chi connectivity index (χ2n) is 6.81. The molecule has 0 aliphatic carbocycles. The first-order chi connectivity index (χ1) is 13.3. The van der Waals surface area contributed by atoms with Gasteiger partial charge in [-0.2, -0.15) is 5.10 Å². The number of aromatic nitrogens is 4. The fraction of sp³-hybridized carbons (Fsp3) is 0.333. The Balaban J connectivity index is 1.60. The number of hydrogen-bond donors (Lipinski definition) is 1. The third-order valence-corrected chi connectivity index (χ3v) is 4.86. The highest BCUT2D eigenvalue weighted by Crippen LogP contribution is 2.28. The molecule has 4 rings (SSSR count). The number of anilines is 1. The molecule has 0 saturated heterocycles. The number of nitrogens with zero attached hydrogens (tertiary/aromatic N) is 5. The summed E-state index contributed by atoms with van der Waals surface area (Å²) in [5.74, 6) is -3.27. The maximum absolute atomic E-state index is 13.6. The monoisotopic (exact) mass is 388 g/mol. The molecule has 0 spiro atoms. The van der Waals surface area contributed by atoms with E-state index in [0.29, 0.717) is 18.8 Å². The van der Waals surface area contributed by atoms with E-state index in [2.05, 4.69) is 15.4 Å². The van der Waals surface area contributed by atoms with Crippen molar-refractivity contribution in [2.75, 3.05) is 11.9 Å². The molecule has 1 aliphatic heterocycles. The van der Waals surface area contributed by atoms with Gasteiger partial charge in [0, 0.05) is 38.3 Å². The third-order valence-electron chi connectivity index (χ3n) is 4.86. The van der Waals surface area contributed by atoms with E-state index in [1.807, 2.05) is 0 Å². The first-order valence-electron chi connectivity index (χ1n) is 8.71. The minimum Gasteiger partial charge on any atom is -0.339 e. The molecule has 1 aliphatic rings. The Labute approximate surface area is 158 Å². The largest absolute Gasteiger partial charge is 0.339 e. The van der Waals surface area contributed by atoms with Crippen LogP contribution in [-0.2, 0) is 17.3 Å². The van der Waals surface area contributed by atoms with Gasteiger partial charge in [0.05, 0.1) is 11.7 Å². The zero-order chi connectivity index (χ0) is 20.1. The fourth-order valence-corrected chi connectivity index (χ4v) is 3.30. The molecule has 0 unspecified atom stereocenters. The Kier molecular flexibility index (Phi) is 4.13. The van der Waals surface area contributed by atoms with Crippen molar-refractivity contribution >= 4 is 23.1 Å². The van der Waals surface area contributed by atoms with Gasteiger partial charge in [-0.25, -0.2) is 18.4 Å². The summed E-state index contributed by atoms with van der Waals surface area (Å²) in [6.45, 7) is 1.25. The van der Waals surface area contributed by atoms with Gasteiger partial charge in [0.2, 0.25) is 0 Å². The van der Waals surface area contributed by atoms with Crippen molar-refractivity contribution in [3.63, 3.8) is 0 Å². The van der Waals surface area contributed by atoms with E-state index in [9.17, 15) is 18.4 Å². The number of alkyl halides is 2. The number of carbonyl (C=O) groups excluding carboxylic acids is 2. The van der Waals surface area contributed by atoms with Gasteiger partial charge < -0.3 is 9.72 Å². The molecule has 0 aromatic carbocycles. The number of likely N-dealkylation sites (N-methyl/N-ethyl adjacent to an activating group) is 1. The topological polar surface area (TPSA) is 84.5 Å². The van der Waals surface area contributed by atoms with Crippen molar-refractivity contribution in [3.05, 3.63) is 48.2 Å². The summed E-state index contributed by atoms with van der Waals surface area (Å²) in [5.41, 5.74) is 0.0210. The summed E-state index contributed by atoms with van der Waals surface area (Å²) in [5, 5.41) is 6.84. The Morgan fingerprint density at radius 2 is 2.14 bits per heavy atom. The Morgan fingerprint density at radius 3 is 2.89 bits per heavy atom. The van der Waals surface area contributed by atoms with Crippen molar-refractivity contribution < 1.29 is 18.4 Å². The molecule has 1 atom stereocenters. The number of halogens is 2. The number of fused-ring (bicyclic) bond motifs is 2. The predicted octanol–water partition coefficient (Wildman–Crippen LogP) is 1.81. The van der Waals surface area contributed by atoms with E-state index in [-0.39, 0.29) is 22.7 Å². The molecule has 4 heterocycles. The summed E-state index contributed by atoms with van der Waals surface area (Å²) >= 11 is 0. The molecule has 0 bridgehead atoms. The van der Waals surface area contributed by atoms with Crippen LogP contribution in [0.5, 0.6) is 0 Å². The van der Waals surface area contributed by atoms with Gasteiger partial charge in [0.25, 0.3) is 17.7 Å². The average Bonchev–Trinajstić information content (AvgIpc) is 3.26. The second-order valence-corrected chi connectivity index (χ2v) is 6.81. The Bertz CT molecular complexity index is 1070. The Morgan fingerprint density at radius 1 is 1.36 bits per heavy atom. The molecule has 8 nitrogen and oxygen atoms in total. The average molecular weight is 388 g/mol.